The normalized spacial score (nSPS) is 17.4. The summed E-state index contributed by atoms with van der Waals surface area (Å²) >= 11 is 0. The molecule has 0 spiro atoms. The molecular weight excluding hydrogens is 310 g/mol. The Labute approximate surface area is 148 Å². The number of aliphatic imine (C=N–C) groups is 2. The molecule has 1 saturated heterocycles. The van der Waals surface area contributed by atoms with Crippen LogP contribution in [0.1, 0.15) is 36.0 Å². The van der Waals surface area contributed by atoms with Crippen LogP contribution in [0.25, 0.3) is 0 Å². The Balaban J connectivity index is 1.83. The Morgan fingerprint density at radius 3 is 2.56 bits per heavy atom. The number of phenolic OH excluding ortho intramolecular Hbond substituents is 1. The fourth-order valence-electron chi connectivity index (χ4n) is 3.52. The molecule has 4 rings (SSSR count). The first-order valence-corrected chi connectivity index (χ1v) is 9.00. The summed E-state index contributed by atoms with van der Waals surface area (Å²) in [6, 6.07) is 13.7. The van der Waals surface area contributed by atoms with Crippen LogP contribution in [0.5, 0.6) is 5.75 Å². The van der Waals surface area contributed by atoms with E-state index in [4.69, 9.17) is 9.98 Å². The summed E-state index contributed by atoms with van der Waals surface area (Å²) < 4.78 is 0. The number of phenols is 1. The van der Waals surface area contributed by atoms with Gasteiger partial charge in [0.15, 0.2) is 5.84 Å². The van der Waals surface area contributed by atoms with Gasteiger partial charge in [0, 0.05) is 19.5 Å². The van der Waals surface area contributed by atoms with Gasteiger partial charge in [-0.1, -0.05) is 24.3 Å². The molecule has 0 aromatic heterocycles. The van der Waals surface area contributed by atoms with E-state index >= 15 is 0 Å². The molecule has 0 radical (unpaired) electrons. The molecule has 25 heavy (non-hydrogen) atoms. The summed E-state index contributed by atoms with van der Waals surface area (Å²) in [7, 11) is 0. The highest BCUT2D eigenvalue weighted by Gasteiger charge is 2.21. The average molecular weight is 333 g/mol. The van der Waals surface area contributed by atoms with Crippen molar-refractivity contribution in [2.75, 3.05) is 13.1 Å². The predicted molar refractivity (Wildman–Crippen MR) is 102 cm³/mol. The van der Waals surface area contributed by atoms with Gasteiger partial charge in [0.25, 0.3) is 0 Å². The van der Waals surface area contributed by atoms with Gasteiger partial charge in [-0.3, -0.25) is 0 Å². The number of hydrogen-bond donors (Lipinski definition) is 1. The maximum absolute atomic E-state index is 10.3. The lowest BCUT2D eigenvalue weighted by molar-refractivity contribution is 0.338. The van der Waals surface area contributed by atoms with Gasteiger partial charge in [-0.15, -0.1) is 0 Å². The Morgan fingerprint density at radius 2 is 1.76 bits per heavy atom. The third-order valence-electron chi connectivity index (χ3n) is 4.92. The van der Waals surface area contributed by atoms with E-state index in [1.54, 1.807) is 6.07 Å². The fourth-order valence-corrected chi connectivity index (χ4v) is 3.52. The summed E-state index contributed by atoms with van der Waals surface area (Å²) in [4.78, 5) is 12.1. The first-order chi connectivity index (χ1) is 12.2. The van der Waals surface area contributed by atoms with Crippen LogP contribution in [0.2, 0.25) is 0 Å². The maximum atomic E-state index is 10.3. The van der Waals surface area contributed by atoms with Crippen molar-refractivity contribution >= 4 is 17.4 Å². The molecule has 0 atom stereocenters. The number of nitrogens with zero attached hydrogens (tertiary/aromatic N) is 3. The second kappa shape index (κ2) is 6.71. The van der Waals surface area contributed by atoms with Crippen LogP contribution in [0.3, 0.4) is 0 Å². The molecule has 128 valence electrons. The lowest BCUT2D eigenvalue weighted by Crippen LogP contribution is -2.37. The number of fused-ring (bicyclic) bond motifs is 1. The minimum Gasteiger partial charge on any atom is -0.507 e. The van der Waals surface area contributed by atoms with E-state index in [1.165, 1.54) is 30.4 Å². The summed E-state index contributed by atoms with van der Waals surface area (Å²) in [6.45, 7) is 4.18. The monoisotopic (exact) mass is 333 g/mol. The Morgan fingerprint density at radius 1 is 0.960 bits per heavy atom. The third kappa shape index (κ3) is 3.29. The Hall–Kier alpha value is -2.62. The maximum Gasteiger partial charge on any atom is 0.165 e. The second-order valence-electron chi connectivity index (χ2n) is 6.84. The zero-order valence-electron chi connectivity index (χ0n) is 14.6. The average Bonchev–Trinajstić information content (AvgIpc) is 2.82. The van der Waals surface area contributed by atoms with Crippen LogP contribution >= 0.6 is 0 Å². The number of hydrogen-bond acceptors (Lipinski definition) is 4. The molecule has 1 N–H and O–H groups in total. The number of benzene rings is 2. The largest absolute Gasteiger partial charge is 0.507 e. The van der Waals surface area contributed by atoms with Crippen molar-refractivity contribution < 1.29 is 5.11 Å². The summed E-state index contributed by atoms with van der Waals surface area (Å²) in [5, 5.41) is 10.3. The second-order valence-corrected chi connectivity index (χ2v) is 6.84. The zero-order chi connectivity index (χ0) is 17.2. The number of amidine groups is 2. The van der Waals surface area contributed by atoms with Crippen LogP contribution in [-0.2, 0) is 6.42 Å². The smallest absolute Gasteiger partial charge is 0.165 e. The minimum absolute atomic E-state index is 0.221. The van der Waals surface area contributed by atoms with Gasteiger partial charge < -0.3 is 10.0 Å². The van der Waals surface area contributed by atoms with Gasteiger partial charge in [0.2, 0.25) is 0 Å². The summed E-state index contributed by atoms with van der Waals surface area (Å²) in [5.74, 6) is 1.88. The highest BCUT2D eigenvalue weighted by Crippen LogP contribution is 2.29. The first kappa shape index (κ1) is 15.9. The number of aryl methyl sites for hydroxylation is 1. The Kier molecular flexibility index (Phi) is 4.26. The van der Waals surface area contributed by atoms with Crippen LogP contribution < -0.4 is 0 Å². The molecule has 4 heteroatoms. The predicted octanol–water partition coefficient (Wildman–Crippen LogP) is 4.22. The van der Waals surface area contributed by atoms with E-state index in [9.17, 15) is 5.11 Å². The van der Waals surface area contributed by atoms with Crippen molar-refractivity contribution in [3.63, 3.8) is 0 Å². The van der Waals surface area contributed by atoms with E-state index in [0.717, 1.165) is 31.0 Å². The van der Waals surface area contributed by atoms with Crippen molar-refractivity contribution in [1.82, 2.24) is 4.90 Å². The molecule has 0 saturated carbocycles. The van der Waals surface area contributed by atoms with Gasteiger partial charge in [0.05, 0.1) is 11.3 Å². The molecule has 2 aromatic carbocycles. The van der Waals surface area contributed by atoms with Crippen molar-refractivity contribution in [2.45, 2.75) is 32.6 Å². The summed E-state index contributed by atoms with van der Waals surface area (Å²) in [5.41, 5.74) is 4.02. The van der Waals surface area contributed by atoms with Crippen LogP contribution in [0, 0.1) is 6.92 Å². The van der Waals surface area contributed by atoms with Gasteiger partial charge >= 0.3 is 0 Å². The van der Waals surface area contributed by atoms with E-state index in [0.29, 0.717) is 11.4 Å². The number of para-hydroxylation sites is 1. The molecule has 1 fully saturated rings. The van der Waals surface area contributed by atoms with Crippen LogP contribution in [0.15, 0.2) is 52.4 Å². The molecule has 2 aliphatic heterocycles. The van der Waals surface area contributed by atoms with Gasteiger partial charge in [0.1, 0.15) is 11.6 Å². The SMILES string of the molecule is Cc1ccc2c(c1)N=C(c1ccccc1O)N=C(N1CCCCC1)C2. The van der Waals surface area contributed by atoms with E-state index < -0.39 is 0 Å². The van der Waals surface area contributed by atoms with Crippen molar-refractivity contribution in [2.24, 2.45) is 9.98 Å². The number of rotatable bonds is 1. The Bertz CT molecular complexity index is 848. The molecule has 2 aliphatic rings. The number of likely N-dealkylation sites (tertiary alicyclic amines) is 1. The summed E-state index contributed by atoms with van der Waals surface area (Å²) in [6.07, 6.45) is 4.50. The standard InChI is InChI=1S/C21H23N3O/c1-15-9-10-16-14-20(24-11-5-2-6-12-24)23-21(22-18(16)13-15)17-7-3-4-8-19(17)25/h3-4,7-10,13,25H,2,5-6,11-12,14H2,1H3. The highest BCUT2D eigenvalue weighted by molar-refractivity contribution is 6.10. The molecular formula is C21H23N3O. The molecule has 4 nitrogen and oxygen atoms in total. The van der Waals surface area contributed by atoms with Crippen molar-refractivity contribution in [1.29, 1.82) is 0 Å². The van der Waals surface area contributed by atoms with Gasteiger partial charge in [-0.25, -0.2) is 9.98 Å². The molecule has 0 amide bonds. The number of aromatic hydroxyl groups is 1. The molecule has 2 heterocycles. The molecule has 0 aliphatic carbocycles. The minimum atomic E-state index is 0.221. The van der Waals surface area contributed by atoms with Gasteiger partial charge in [-0.2, -0.15) is 0 Å². The molecule has 0 unspecified atom stereocenters. The first-order valence-electron chi connectivity index (χ1n) is 9.00. The third-order valence-corrected chi connectivity index (χ3v) is 4.92. The fraction of sp³-hybridized carbons (Fsp3) is 0.333. The quantitative estimate of drug-likeness (QED) is 0.849. The van der Waals surface area contributed by atoms with E-state index in [-0.39, 0.29) is 5.75 Å². The van der Waals surface area contributed by atoms with E-state index in [1.807, 2.05) is 18.2 Å². The van der Waals surface area contributed by atoms with Crippen LogP contribution in [0.4, 0.5) is 5.69 Å². The molecule has 2 aromatic rings. The topological polar surface area (TPSA) is 48.2 Å². The van der Waals surface area contributed by atoms with Crippen LogP contribution in [-0.4, -0.2) is 34.8 Å². The zero-order valence-corrected chi connectivity index (χ0v) is 14.6. The van der Waals surface area contributed by atoms with E-state index in [2.05, 4.69) is 30.0 Å². The van der Waals surface area contributed by atoms with Gasteiger partial charge in [-0.05, 0) is 55.5 Å². The highest BCUT2D eigenvalue weighted by atomic mass is 16.3. The molecule has 0 bridgehead atoms. The van der Waals surface area contributed by atoms with Crippen molar-refractivity contribution in [3.05, 3.63) is 59.2 Å². The number of piperidine rings is 1. The lowest BCUT2D eigenvalue weighted by Gasteiger charge is -2.29. The van der Waals surface area contributed by atoms with Crippen molar-refractivity contribution in [3.8, 4) is 5.75 Å². The lowest BCUT2D eigenvalue weighted by atomic mass is 10.0.